The Kier molecular flexibility index (Phi) is 4.14. The second kappa shape index (κ2) is 6.07. The molecule has 2 heterocycles. The summed E-state index contributed by atoms with van der Waals surface area (Å²) in [5, 5.41) is 4.04. The predicted octanol–water partition coefficient (Wildman–Crippen LogP) is 3.11. The van der Waals surface area contributed by atoms with Gasteiger partial charge < -0.3 is 9.74 Å². The van der Waals surface area contributed by atoms with Crippen LogP contribution in [0, 0.1) is 5.82 Å². The van der Waals surface area contributed by atoms with Gasteiger partial charge in [-0.2, -0.15) is 0 Å². The Hall–Kier alpha value is -1.91. The van der Waals surface area contributed by atoms with Crippen molar-refractivity contribution in [3.63, 3.8) is 0 Å². The first kappa shape index (κ1) is 15.0. The van der Waals surface area contributed by atoms with E-state index in [2.05, 4.69) is 5.16 Å². The van der Waals surface area contributed by atoms with Gasteiger partial charge in [-0.05, 0) is 31.9 Å². The third kappa shape index (κ3) is 2.98. The molecule has 22 heavy (non-hydrogen) atoms. The molecule has 0 bridgehead atoms. The first-order valence-corrected chi connectivity index (χ1v) is 7.89. The molecule has 0 radical (unpaired) electrons. The highest BCUT2D eigenvalue weighted by Gasteiger charge is 2.44. The first-order valence-electron chi connectivity index (χ1n) is 7.89. The van der Waals surface area contributed by atoms with Crippen molar-refractivity contribution in [1.82, 2.24) is 4.90 Å². The van der Waals surface area contributed by atoms with Crippen LogP contribution in [0.25, 0.3) is 0 Å². The molecule has 0 spiro atoms. The molecule has 5 heteroatoms. The maximum Gasteiger partial charge on any atom is 0.269 e. The number of carbonyl (C=O) groups is 1. The summed E-state index contributed by atoms with van der Waals surface area (Å²) in [5.41, 5.74) is 0.337. The van der Waals surface area contributed by atoms with Crippen molar-refractivity contribution in [1.29, 1.82) is 0 Å². The van der Waals surface area contributed by atoms with Crippen LogP contribution in [0.2, 0.25) is 0 Å². The highest BCUT2D eigenvalue weighted by Crippen LogP contribution is 2.29. The van der Waals surface area contributed by atoms with Gasteiger partial charge in [-0.1, -0.05) is 30.1 Å². The number of carbonyl (C=O) groups excluding carboxylic acids is 1. The third-order valence-corrected chi connectivity index (χ3v) is 4.37. The average molecular weight is 304 g/mol. The van der Waals surface area contributed by atoms with E-state index in [0.29, 0.717) is 17.7 Å². The van der Waals surface area contributed by atoms with Gasteiger partial charge in [0.15, 0.2) is 0 Å². The minimum atomic E-state index is -0.966. The quantitative estimate of drug-likeness (QED) is 0.842. The first-order chi connectivity index (χ1) is 10.6. The van der Waals surface area contributed by atoms with Crippen LogP contribution in [-0.2, 0) is 9.63 Å². The lowest BCUT2D eigenvalue weighted by Crippen LogP contribution is -2.47. The van der Waals surface area contributed by atoms with E-state index < -0.39 is 5.60 Å². The molecule has 3 rings (SSSR count). The van der Waals surface area contributed by atoms with Crippen molar-refractivity contribution < 1.29 is 14.0 Å². The number of amides is 1. The Balaban J connectivity index is 1.72. The topological polar surface area (TPSA) is 41.9 Å². The minimum absolute atomic E-state index is 0.00967. The van der Waals surface area contributed by atoms with Gasteiger partial charge in [0.1, 0.15) is 5.82 Å². The largest absolute Gasteiger partial charge is 0.379 e. The SMILES string of the molecule is C[C@]1(C(=O)N2CCCCCC2)CC(c2cccc(F)c2)=NO1. The molecule has 0 aromatic heterocycles. The summed E-state index contributed by atoms with van der Waals surface area (Å²) in [6, 6.07) is 6.23. The van der Waals surface area contributed by atoms with Gasteiger partial charge in [-0.25, -0.2) is 4.39 Å². The van der Waals surface area contributed by atoms with Crippen LogP contribution in [0.3, 0.4) is 0 Å². The van der Waals surface area contributed by atoms with Crippen molar-refractivity contribution >= 4 is 11.6 Å². The molecule has 118 valence electrons. The van der Waals surface area contributed by atoms with Gasteiger partial charge >= 0.3 is 0 Å². The smallest absolute Gasteiger partial charge is 0.269 e. The van der Waals surface area contributed by atoms with Gasteiger partial charge in [0, 0.05) is 25.1 Å². The lowest BCUT2D eigenvalue weighted by atomic mass is 9.94. The summed E-state index contributed by atoms with van der Waals surface area (Å²) in [7, 11) is 0. The van der Waals surface area contributed by atoms with Crippen LogP contribution in [0.1, 0.15) is 44.6 Å². The zero-order valence-electron chi connectivity index (χ0n) is 12.8. The maximum atomic E-state index is 13.3. The summed E-state index contributed by atoms with van der Waals surface area (Å²) in [6.45, 7) is 3.34. The van der Waals surface area contributed by atoms with Crippen LogP contribution in [0.5, 0.6) is 0 Å². The highest BCUT2D eigenvalue weighted by molar-refractivity contribution is 6.05. The fourth-order valence-corrected chi connectivity index (χ4v) is 3.09. The Bertz CT molecular complexity index is 594. The molecular formula is C17H21FN2O2. The zero-order valence-corrected chi connectivity index (χ0v) is 12.8. The summed E-state index contributed by atoms with van der Waals surface area (Å²) in [5.74, 6) is -0.322. The van der Waals surface area contributed by atoms with Crippen LogP contribution in [0.15, 0.2) is 29.4 Å². The normalized spacial score (nSPS) is 25.4. The second-order valence-corrected chi connectivity index (χ2v) is 6.25. The Morgan fingerprint density at radius 1 is 1.27 bits per heavy atom. The molecule has 0 unspecified atom stereocenters. The maximum absolute atomic E-state index is 13.3. The Morgan fingerprint density at radius 3 is 2.68 bits per heavy atom. The molecular weight excluding hydrogens is 283 g/mol. The number of rotatable bonds is 2. The second-order valence-electron chi connectivity index (χ2n) is 6.25. The number of benzene rings is 1. The lowest BCUT2D eigenvalue weighted by Gasteiger charge is -2.29. The molecule has 1 saturated heterocycles. The summed E-state index contributed by atoms with van der Waals surface area (Å²) >= 11 is 0. The Morgan fingerprint density at radius 2 is 2.00 bits per heavy atom. The van der Waals surface area contributed by atoms with E-state index in [1.807, 2.05) is 4.90 Å². The zero-order chi connectivity index (χ0) is 15.6. The standard InChI is InChI=1S/C17H21FN2O2/c1-17(16(21)20-9-4-2-3-5-10-20)12-15(19-22-17)13-7-6-8-14(18)11-13/h6-8,11H,2-5,9-10,12H2,1H3/t17-/m1/s1. The summed E-state index contributed by atoms with van der Waals surface area (Å²) < 4.78 is 13.3. The van der Waals surface area contributed by atoms with Crippen LogP contribution >= 0.6 is 0 Å². The van der Waals surface area contributed by atoms with E-state index in [1.165, 1.54) is 25.0 Å². The van der Waals surface area contributed by atoms with Gasteiger partial charge in [-0.3, -0.25) is 4.79 Å². The fourth-order valence-electron chi connectivity index (χ4n) is 3.09. The number of nitrogens with zero attached hydrogens (tertiary/aromatic N) is 2. The van der Waals surface area contributed by atoms with E-state index in [9.17, 15) is 9.18 Å². The van der Waals surface area contributed by atoms with Gasteiger partial charge in [0.05, 0.1) is 5.71 Å². The van der Waals surface area contributed by atoms with Crippen molar-refractivity contribution in [3.8, 4) is 0 Å². The number of halogens is 1. The van der Waals surface area contributed by atoms with E-state index in [0.717, 1.165) is 25.9 Å². The number of hydrogen-bond donors (Lipinski definition) is 0. The van der Waals surface area contributed by atoms with E-state index >= 15 is 0 Å². The molecule has 1 amide bonds. The van der Waals surface area contributed by atoms with Gasteiger partial charge in [-0.15, -0.1) is 0 Å². The molecule has 0 saturated carbocycles. The van der Waals surface area contributed by atoms with Crippen molar-refractivity contribution in [2.24, 2.45) is 5.16 Å². The van der Waals surface area contributed by atoms with Crippen molar-refractivity contribution in [2.45, 2.75) is 44.6 Å². The monoisotopic (exact) mass is 304 g/mol. The van der Waals surface area contributed by atoms with E-state index in [1.54, 1.807) is 19.1 Å². The summed E-state index contributed by atoms with van der Waals surface area (Å²) in [4.78, 5) is 20.1. The molecule has 1 aromatic rings. The van der Waals surface area contributed by atoms with Gasteiger partial charge in [0.25, 0.3) is 5.91 Å². The number of oxime groups is 1. The number of likely N-dealkylation sites (tertiary alicyclic amines) is 1. The van der Waals surface area contributed by atoms with Crippen LogP contribution in [-0.4, -0.2) is 35.2 Å². The molecule has 2 aliphatic heterocycles. The van der Waals surface area contributed by atoms with Crippen molar-refractivity contribution in [2.75, 3.05) is 13.1 Å². The number of hydrogen-bond acceptors (Lipinski definition) is 3. The molecule has 1 aromatic carbocycles. The summed E-state index contributed by atoms with van der Waals surface area (Å²) in [6.07, 6.45) is 4.81. The average Bonchev–Trinajstić information content (AvgIpc) is 2.74. The molecule has 2 aliphatic rings. The molecule has 1 atom stereocenters. The van der Waals surface area contributed by atoms with Crippen LogP contribution < -0.4 is 0 Å². The fraction of sp³-hybridized carbons (Fsp3) is 0.529. The Labute approximate surface area is 129 Å². The van der Waals surface area contributed by atoms with Crippen molar-refractivity contribution in [3.05, 3.63) is 35.6 Å². The third-order valence-electron chi connectivity index (χ3n) is 4.37. The van der Waals surface area contributed by atoms with Crippen LogP contribution in [0.4, 0.5) is 4.39 Å². The van der Waals surface area contributed by atoms with Gasteiger partial charge in [0.2, 0.25) is 5.60 Å². The lowest BCUT2D eigenvalue weighted by molar-refractivity contribution is -0.153. The molecule has 0 aliphatic carbocycles. The van der Waals surface area contributed by atoms with E-state index in [-0.39, 0.29) is 11.7 Å². The molecule has 0 N–H and O–H groups in total. The minimum Gasteiger partial charge on any atom is -0.379 e. The molecule has 4 nitrogen and oxygen atoms in total. The van der Waals surface area contributed by atoms with E-state index in [4.69, 9.17) is 4.84 Å². The molecule has 1 fully saturated rings. The highest BCUT2D eigenvalue weighted by atomic mass is 19.1. The predicted molar refractivity (Wildman–Crippen MR) is 82.1 cm³/mol.